The number of aromatic nitrogens is 2. The molecule has 2 rings (SSSR count). The maximum Gasteiger partial charge on any atom is 0.223 e. The minimum atomic E-state index is 0.606. The van der Waals surface area contributed by atoms with E-state index in [2.05, 4.69) is 22.4 Å². The van der Waals surface area contributed by atoms with Gasteiger partial charge in [-0.1, -0.05) is 31.3 Å². The fourth-order valence-corrected chi connectivity index (χ4v) is 2.82. The molecule has 1 unspecified atom stereocenters. The molecule has 1 aromatic rings. The SMILES string of the molecule is CCC(NCc1noc(C)n1)C1CCCCC1. The van der Waals surface area contributed by atoms with E-state index in [1.807, 2.05) is 6.92 Å². The molecule has 0 spiro atoms. The third-order valence-corrected chi connectivity index (χ3v) is 3.75. The molecular formula is C13H23N3O. The van der Waals surface area contributed by atoms with Gasteiger partial charge < -0.3 is 9.84 Å². The lowest BCUT2D eigenvalue weighted by Gasteiger charge is -2.30. The summed E-state index contributed by atoms with van der Waals surface area (Å²) in [5, 5.41) is 7.50. The van der Waals surface area contributed by atoms with Crippen molar-refractivity contribution in [3.05, 3.63) is 11.7 Å². The Hall–Kier alpha value is -0.900. The maximum absolute atomic E-state index is 4.97. The fraction of sp³-hybridized carbons (Fsp3) is 0.846. The van der Waals surface area contributed by atoms with Gasteiger partial charge in [-0.15, -0.1) is 0 Å². The van der Waals surface area contributed by atoms with E-state index >= 15 is 0 Å². The third-order valence-electron chi connectivity index (χ3n) is 3.75. The first kappa shape index (κ1) is 12.6. The van der Waals surface area contributed by atoms with Crippen molar-refractivity contribution in [3.63, 3.8) is 0 Å². The molecule has 1 aromatic heterocycles. The van der Waals surface area contributed by atoms with E-state index in [4.69, 9.17) is 4.52 Å². The lowest BCUT2D eigenvalue weighted by atomic mass is 9.83. The van der Waals surface area contributed by atoms with E-state index in [-0.39, 0.29) is 0 Å². The molecular weight excluding hydrogens is 214 g/mol. The van der Waals surface area contributed by atoms with Gasteiger partial charge in [-0.25, -0.2) is 0 Å². The monoisotopic (exact) mass is 237 g/mol. The Morgan fingerprint density at radius 1 is 1.35 bits per heavy atom. The van der Waals surface area contributed by atoms with Gasteiger partial charge in [0, 0.05) is 13.0 Å². The maximum atomic E-state index is 4.97. The largest absolute Gasteiger partial charge is 0.340 e. The molecule has 0 bridgehead atoms. The van der Waals surface area contributed by atoms with Gasteiger partial charge in [0.25, 0.3) is 0 Å². The number of aryl methyl sites for hydroxylation is 1. The fourth-order valence-electron chi connectivity index (χ4n) is 2.82. The minimum absolute atomic E-state index is 0.606. The zero-order valence-corrected chi connectivity index (χ0v) is 10.9. The number of nitrogens with one attached hydrogen (secondary N) is 1. The summed E-state index contributed by atoms with van der Waals surface area (Å²) in [6, 6.07) is 0.606. The summed E-state index contributed by atoms with van der Waals surface area (Å²) in [5.74, 6) is 2.26. The molecule has 1 fully saturated rings. The number of rotatable bonds is 5. The Labute approximate surface area is 103 Å². The number of hydrogen-bond acceptors (Lipinski definition) is 4. The van der Waals surface area contributed by atoms with E-state index in [0.29, 0.717) is 11.9 Å². The number of nitrogens with zero attached hydrogens (tertiary/aromatic N) is 2. The molecule has 1 aliphatic carbocycles. The first-order valence-corrected chi connectivity index (χ1v) is 6.82. The van der Waals surface area contributed by atoms with Crippen LogP contribution in [0.5, 0.6) is 0 Å². The molecule has 0 radical (unpaired) electrons. The Morgan fingerprint density at radius 2 is 2.12 bits per heavy atom. The molecule has 0 saturated heterocycles. The van der Waals surface area contributed by atoms with E-state index in [0.717, 1.165) is 18.3 Å². The van der Waals surface area contributed by atoms with Crippen molar-refractivity contribution in [2.24, 2.45) is 5.92 Å². The van der Waals surface area contributed by atoms with Crippen LogP contribution in [0, 0.1) is 12.8 Å². The zero-order valence-electron chi connectivity index (χ0n) is 10.9. The van der Waals surface area contributed by atoms with Crippen LogP contribution in [0.2, 0.25) is 0 Å². The molecule has 0 amide bonds. The van der Waals surface area contributed by atoms with Crippen molar-refractivity contribution in [2.75, 3.05) is 0 Å². The van der Waals surface area contributed by atoms with Crippen LogP contribution >= 0.6 is 0 Å². The molecule has 1 saturated carbocycles. The average Bonchev–Trinajstić information content (AvgIpc) is 2.77. The predicted molar refractivity (Wildman–Crippen MR) is 66.5 cm³/mol. The van der Waals surface area contributed by atoms with Crippen LogP contribution in [0.4, 0.5) is 0 Å². The molecule has 1 atom stereocenters. The van der Waals surface area contributed by atoms with Gasteiger partial charge in [-0.05, 0) is 25.2 Å². The zero-order chi connectivity index (χ0) is 12.1. The smallest absolute Gasteiger partial charge is 0.223 e. The van der Waals surface area contributed by atoms with Crippen molar-refractivity contribution >= 4 is 0 Å². The van der Waals surface area contributed by atoms with E-state index in [1.165, 1.54) is 38.5 Å². The van der Waals surface area contributed by atoms with Gasteiger partial charge in [0.1, 0.15) is 0 Å². The lowest BCUT2D eigenvalue weighted by Crippen LogP contribution is -2.36. The Morgan fingerprint density at radius 3 is 2.71 bits per heavy atom. The summed E-state index contributed by atoms with van der Waals surface area (Å²) in [6.45, 7) is 4.81. The van der Waals surface area contributed by atoms with E-state index < -0.39 is 0 Å². The van der Waals surface area contributed by atoms with Crippen molar-refractivity contribution in [2.45, 2.75) is 65.0 Å². The molecule has 1 N–H and O–H groups in total. The van der Waals surface area contributed by atoms with Gasteiger partial charge in [-0.2, -0.15) is 4.98 Å². The Kier molecular flexibility index (Phi) is 4.54. The summed E-state index contributed by atoms with van der Waals surface area (Å²) in [5.41, 5.74) is 0. The van der Waals surface area contributed by atoms with Crippen LogP contribution in [-0.4, -0.2) is 16.2 Å². The molecule has 4 heteroatoms. The average molecular weight is 237 g/mol. The van der Waals surface area contributed by atoms with Crippen LogP contribution in [0.3, 0.4) is 0 Å². The highest BCUT2D eigenvalue weighted by Gasteiger charge is 2.22. The summed E-state index contributed by atoms with van der Waals surface area (Å²) in [4.78, 5) is 4.22. The molecule has 17 heavy (non-hydrogen) atoms. The summed E-state index contributed by atoms with van der Waals surface area (Å²) in [6.07, 6.45) is 8.13. The van der Waals surface area contributed by atoms with Crippen molar-refractivity contribution < 1.29 is 4.52 Å². The predicted octanol–water partition coefficient (Wildman–Crippen LogP) is 2.83. The van der Waals surface area contributed by atoms with Gasteiger partial charge >= 0.3 is 0 Å². The van der Waals surface area contributed by atoms with Crippen LogP contribution in [0.25, 0.3) is 0 Å². The molecule has 0 aromatic carbocycles. The molecule has 1 heterocycles. The van der Waals surface area contributed by atoms with Crippen molar-refractivity contribution in [3.8, 4) is 0 Å². The highest BCUT2D eigenvalue weighted by atomic mass is 16.5. The van der Waals surface area contributed by atoms with Crippen LogP contribution in [-0.2, 0) is 6.54 Å². The molecule has 0 aliphatic heterocycles. The topological polar surface area (TPSA) is 51.0 Å². The highest BCUT2D eigenvalue weighted by Crippen LogP contribution is 2.27. The highest BCUT2D eigenvalue weighted by molar-refractivity contribution is 4.86. The van der Waals surface area contributed by atoms with Crippen molar-refractivity contribution in [1.29, 1.82) is 0 Å². The van der Waals surface area contributed by atoms with Gasteiger partial charge in [0.2, 0.25) is 5.89 Å². The summed E-state index contributed by atoms with van der Waals surface area (Å²) in [7, 11) is 0. The Bertz CT molecular complexity index is 331. The third kappa shape index (κ3) is 3.53. The van der Waals surface area contributed by atoms with E-state index in [9.17, 15) is 0 Å². The van der Waals surface area contributed by atoms with Crippen molar-refractivity contribution in [1.82, 2.24) is 15.5 Å². The summed E-state index contributed by atoms with van der Waals surface area (Å²) < 4.78 is 4.97. The normalized spacial score (nSPS) is 19.4. The lowest BCUT2D eigenvalue weighted by molar-refractivity contribution is 0.259. The first-order chi connectivity index (χ1) is 8.29. The summed E-state index contributed by atoms with van der Waals surface area (Å²) >= 11 is 0. The van der Waals surface area contributed by atoms with Gasteiger partial charge in [0.15, 0.2) is 5.82 Å². The quantitative estimate of drug-likeness (QED) is 0.855. The Balaban J connectivity index is 1.82. The molecule has 4 nitrogen and oxygen atoms in total. The van der Waals surface area contributed by atoms with Crippen LogP contribution in [0.15, 0.2) is 4.52 Å². The van der Waals surface area contributed by atoms with Crippen LogP contribution < -0.4 is 5.32 Å². The second-order valence-electron chi connectivity index (χ2n) is 5.02. The molecule has 96 valence electrons. The first-order valence-electron chi connectivity index (χ1n) is 6.82. The number of hydrogen-bond donors (Lipinski definition) is 1. The standard InChI is InChI=1S/C13H23N3O/c1-3-12(11-7-5-4-6-8-11)14-9-13-15-10(2)17-16-13/h11-12,14H,3-9H2,1-2H3. The second-order valence-corrected chi connectivity index (χ2v) is 5.02. The molecule has 1 aliphatic rings. The minimum Gasteiger partial charge on any atom is -0.340 e. The van der Waals surface area contributed by atoms with Crippen LogP contribution in [0.1, 0.15) is 57.2 Å². The second kappa shape index (κ2) is 6.15. The van der Waals surface area contributed by atoms with E-state index in [1.54, 1.807) is 0 Å². The van der Waals surface area contributed by atoms with Gasteiger partial charge in [-0.3, -0.25) is 0 Å². The van der Waals surface area contributed by atoms with Gasteiger partial charge in [0.05, 0.1) is 6.54 Å².